The third-order valence-electron chi connectivity index (χ3n) is 5.75. The summed E-state index contributed by atoms with van der Waals surface area (Å²) in [6.07, 6.45) is 5.12. The fourth-order valence-corrected chi connectivity index (χ4v) is 4.27. The standard InChI is InChI=1S/C22H19ClFN5O2/c1-12-8-27(11-26-12)19-3-4-20-22(31)28(13(2)9-29(20)21(19)30)10-14-7-25-18-6-17(24)16(23)5-15(14)18/h3-8,11,13,25H,9-10H2,1-2H3/t13-/m1/s1. The maximum Gasteiger partial charge on any atom is 0.275 e. The number of aromatic nitrogens is 4. The van der Waals surface area contributed by atoms with Crippen LogP contribution in [0, 0.1) is 12.7 Å². The molecule has 1 aliphatic heterocycles. The van der Waals surface area contributed by atoms with Crippen LogP contribution in [0.3, 0.4) is 0 Å². The summed E-state index contributed by atoms with van der Waals surface area (Å²) in [5.41, 5.74) is 2.81. The summed E-state index contributed by atoms with van der Waals surface area (Å²) in [5.74, 6) is -0.728. The summed E-state index contributed by atoms with van der Waals surface area (Å²) in [4.78, 5) is 35.3. The Morgan fingerprint density at radius 2 is 2.10 bits per heavy atom. The molecule has 0 spiro atoms. The number of amides is 1. The van der Waals surface area contributed by atoms with Crippen molar-refractivity contribution in [3.05, 3.63) is 81.1 Å². The van der Waals surface area contributed by atoms with Crippen molar-refractivity contribution in [2.24, 2.45) is 0 Å². The molecule has 0 bridgehead atoms. The first-order valence-corrected chi connectivity index (χ1v) is 10.2. The van der Waals surface area contributed by atoms with Crippen molar-refractivity contribution < 1.29 is 9.18 Å². The third kappa shape index (κ3) is 3.14. The Balaban J connectivity index is 1.51. The van der Waals surface area contributed by atoms with E-state index in [0.29, 0.717) is 30.0 Å². The molecular formula is C22H19ClFN5O2. The van der Waals surface area contributed by atoms with E-state index < -0.39 is 5.82 Å². The van der Waals surface area contributed by atoms with Crippen molar-refractivity contribution in [1.29, 1.82) is 0 Å². The maximum atomic E-state index is 13.7. The summed E-state index contributed by atoms with van der Waals surface area (Å²) in [7, 11) is 0. The Hall–Kier alpha value is -3.39. The molecule has 0 aliphatic carbocycles. The molecule has 3 aromatic heterocycles. The molecule has 1 N–H and O–H groups in total. The van der Waals surface area contributed by atoms with Gasteiger partial charge in [0.25, 0.3) is 11.5 Å². The van der Waals surface area contributed by atoms with Gasteiger partial charge in [-0.15, -0.1) is 0 Å². The summed E-state index contributed by atoms with van der Waals surface area (Å²) in [5, 5.41) is 0.797. The van der Waals surface area contributed by atoms with Crippen LogP contribution in [0.5, 0.6) is 0 Å². The lowest BCUT2D eigenvalue weighted by atomic mass is 10.1. The molecule has 1 amide bonds. The van der Waals surface area contributed by atoms with Gasteiger partial charge in [-0.2, -0.15) is 0 Å². The second-order valence-electron chi connectivity index (χ2n) is 7.85. The third-order valence-corrected chi connectivity index (χ3v) is 6.04. The highest BCUT2D eigenvalue weighted by Crippen LogP contribution is 2.28. The number of hydrogen-bond donors (Lipinski definition) is 1. The highest BCUT2D eigenvalue weighted by atomic mass is 35.5. The number of H-pyrrole nitrogens is 1. The number of hydrogen-bond acceptors (Lipinski definition) is 3. The number of benzene rings is 1. The van der Waals surface area contributed by atoms with Gasteiger partial charge in [-0.25, -0.2) is 9.37 Å². The number of rotatable bonds is 3. The molecule has 5 rings (SSSR count). The molecule has 158 valence electrons. The molecule has 4 heterocycles. The van der Waals surface area contributed by atoms with Gasteiger partial charge < -0.3 is 19.0 Å². The number of pyridine rings is 1. The van der Waals surface area contributed by atoms with Crippen LogP contribution in [0.1, 0.15) is 28.7 Å². The minimum Gasteiger partial charge on any atom is -0.361 e. The minimum atomic E-state index is -0.498. The Morgan fingerprint density at radius 1 is 1.29 bits per heavy atom. The molecule has 9 heteroatoms. The first-order valence-electron chi connectivity index (χ1n) is 9.84. The fraction of sp³-hybridized carbons (Fsp3) is 0.227. The molecule has 4 aromatic rings. The average Bonchev–Trinajstić information content (AvgIpc) is 3.32. The van der Waals surface area contributed by atoms with Crippen LogP contribution in [0.25, 0.3) is 16.6 Å². The van der Waals surface area contributed by atoms with Gasteiger partial charge in [0.05, 0.1) is 17.0 Å². The van der Waals surface area contributed by atoms with Crippen LogP contribution in [0.4, 0.5) is 4.39 Å². The van der Waals surface area contributed by atoms with Gasteiger partial charge in [0, 0.05) is 42.4 Å². The van der Waals surface area contributed by atoms with Gasteiger partial charge in [-0.05, 0) is 43.7 Å². The van der Waals surface area contributed by atoms with Crippen molar-refractivity contribution in [2.45, 2.75) is 33.0 Å². The Kier molecular flexibility index (Phi) is 4.48. The highest BCUT2D eigenvalue weighted by molar-refractivity contribution is 6.31. The smallest absolute Gasteiger partial charge is 0.275 e. The summed E-state index contributed by atoms with van der Waals surface area (Å²) in [6.45, 7) is 4.45. The zero-order valence-electron chi connectivity index (χ0n) is 16.9. The molecule has 0 radical (unpaired) electrons. The molecule has 7 nitrogen and oxygen atoms in total. The number of nitrogens with one attached hydrogen (secondary N) is 1. The largest absolute Gasteiger partial charge is 0.361 e. The van der Waals surface area contributed by atoms with Crippen LogP contribution in [0.2, 0.25) is 5.02 Å². The van der Waals surface area contributed by atoms with Crippen molar-refractivity contribution in [3.63, 3.8) is 0 Å². The molecule has 0 saturated heterocycles. The lowest BCUT2D eigenvalue weighted by molar-refractivity contribution is 0.0591. The highest BCUT2D eigenvalue weighted by Gasteiger charge is 2.31. The van der Waals surface area contributed by atoms with E-state index in [-0.39, 0.29) is 22.5 Å². The van der Waals surface area contributed by atoms with E-state index in [1.807, 2.05) is 13.8 Å². The second-order valence-corrected chi connectivity index (χ2v) is 8.26. The van der Waals surface area contributed by atoms with Gasteiger partial charge in [0.2, 0.25) is 0 Å². The van der Waals surface area contributed by atoms with Gasteiger partial charge >= 0.3 is 0 Å². The first-order chi connectivity index (χ1) is 14.8. The number of imidazole rings is 1. The quantitative estimate of drug-likeness (QED) is 0.529. The van der Waals surface area contributed by atoms with E-state index in [4.69, 9.17) is 11.6 Å². The fourth-order valence-electron chi connectivity index (χ4n) is 4.11. The van der Waals surface area contributed by atoms with Crippen LogP contribution < -0.4 is 5.56 Å². The maximum absolute atomic E-state index is 13.7. The molecule has 0 fully saturated rings. The number of fused-ring (bicyclic) bond motifs is 2. The summed E-state index contributed by atoms with van der Waals surface area (Å²) < 4.78 is 16.9. The van der Waals surface area contributed by atoms with E-state index in [1.54, 1.807) is 46.4 Å². The Bertz CT molecular complexity index is 1400. The number of aryl methyl sites for hydroxylation is 1. The number of carbonyl (C=O) groups excluding carboxylic acids is 1. The second kappa shape index (κ2) is 7.09. The minimum absolute atomic E-state index is 0.0329. The molecule has 0 unspecified atom stereocenters. The molecule has 31 heavy (non-hydrogen) atoms. The van der Waals surface area contributed by atoms with Gasteiger partial charge in [0.15, 0.2) is 0 Å². The molecule has 1 aliphatic rings. The summed E-state index contributed by atoms with van der Waals surface area (Å²) >= 11 is 5.95. The average molecular weight is 440 g/mol. The zero-order valence-corrected chi connectivity index (χ0v) is 17.7. The number of halogens is 2. The number of aromatic amines is 1. The van der Waals surface area contributed by atoms with Crippen LogP contribution in [-0.4, -0.2) is 36.0 Å². The van der Waals surface area contributed by atoms with E-state index in [2.05, 4.69) is 9.97 Å². The zero-order chi connectivity index (χ0) is 21.9. The van der Waals surface area contributed by atoms with Crippen LogP contribution in [-0.2, 0) is 13.1 Å². The van der Waals surface area contributed by atoms with E-state index >= 15 is 0 Å². The van der Waals surface area contributed by atoms with Gasteiger partial charge in [0.1, 0.15) is 17.2 Å². The molecule has 0 saturated carbocycles. The molecular weight excluding hydrogens is 421 g/mol. The lowest BCUT2D eigenvalue weighted by Crippen LogP contribution is -2.49. The van der Waals surface area contributed by atoms with Crippen molar-refractivity contribution in [2.75, 3.05) is 0 Å². The molecule has 1 atom stereocenters. The Morgan fingerprint density at radius 3 is 2.84 bits per heavy atom. The van der Waals surface area contributed by atoms with Crippen molar-refractivity contribution in [3.8, 4) is 5.69 Å². The monoisotopic (exact) mass is 439 g/mol. The van der Waals surface area contributed by atoms with Crippen molar-refractivity contribution >= 4 is 28.4 Å². The van der Waals surface area contributed by atoms with E-state index in [0.717, 1.165) is 16.6 Å². The number of nitrogens with zero attached hydrogens (tertiary/aromatic N) is 4. The van der Waals surface area contributed by atoms with Crippen LogP contribution >= 0.6 is 11.6 Å². The normalized spacial score (nSPS) is 16.2. The van der Waals surface area contributed by atoms with E-state index in [9.17, 15) is 14.0 Å². The van der Waals surface area contributed by atoms with Crippen LogP contribution in [0.15, 0.2) is 47.8 Å². The lowest BCUT2D eigenvalue weighted by Gasteiger charge is -2.35. The predicted molar refractivity (Wildman–Crippen MR) is 115 cm³/mol. The first kappa shape index (κ1) is 19.6. The Labute approximate surface area is 181 Å². The van der Waals surface area contributed by atoms with Crippen molar-refractivity contribution in [1.82, 2.24) is 24.0 Å². The SMILES string of the molecule is Cc1cn(-c2ccc3n(c2=O)C[C@@H](C)N(Cc2c[nH]c4cc(F)c(Cl)cc24)C3=O)cn1. The van der Waals surface area contributed by atoms with Gasteiger partial charge in [-0.1, -0.05) is 11.6 Å². The van der Waals surface area contributed by atoms with E-state index in [1.165, 1.54) is 10.6 Å². The number of carbonyl (C=O) groups is 1. The predicted octanol–water partition coefficient (Wildman–Crippen LogP) is 3.66. The van der Waals surface area contributed by atoms with Gasteiger partial charge in [-0.3, -0.25) is 9.59 Å². The topological polar surface area (TPSA) is 75.9 Å². The summed E-state index contributed by atoms with van der Waals surface area (Å²) in [6, 6.07) is 6.02. The molecule has 1 aromatic carbocycles.